The lowest BCUT2D eigenvalue weighted by atomic mass is 10.2. The van der Waals surface area contributed by atoms with E-state index in [1.807, 2.05) is 78.9 Å². The molecule has 124 valence electrons. The molecular weight excluding hydrogens is 308 g/mol. The summed E-state index contributed by atoms with van der Waals surface area (Å²) in [5.74, 6) is 0.599. The predicted octanol–water partition coefficient (Wildman–Crippen LogP) is 4.28. The second kappa shape index (κ2) is 9.03. The minimum Gasteiger partial charge on any atom is -0.325 e. The second-order valence-corrected chi connectivity index (χ2v) is 5.42. The van der Waals surface area contributed by atoms with Gasteiger partial charge in [0.1, 0.15) is 0 Å². The first-order valence-corrected chi connectivity index (χ1v) is 8.15. The SMILES string of the molecule is C(=N\NC(=NCc1ccccc1)Nc1ccccc1)/c1ccccc1. The van der Waals surface area contributed by atoms with Crippen LogP contribution in [0.3, 0.4) is 0 Å². The molecule has 0 unspecified atom stereocenters. The van der Waals surface area contributed by atoms with E-state index >= 15 is 0 Å². The van der Waals surface area contributed by atoms with Crippen molar-refractivity contribution in [2.24, 2.45) is 10.1 Å². The maximum atomic E-state index is 4.60. The maximum absolute atomic E-state index is 4.60. The lowest BCUT2D eigenvalue weighted by Gasteiger charge is -2.09. The van der Waals surface area contributed by atoms with Crippen molar-refractivity contribution in [1.29, 1.82) is 0 Å². The van der Waals surface area contributed by atoms with Gasteiger partial charge in [0.05, 0.1) is 12.8 Å². The van der Waals surface area contributed by atoms with Gasteiger partial charge in [-0.05, 0) is 23.3 Å². The van der Waals surface area contributed by atoms with Crippen molar-refractivity contribution in [2.75, 3.05) is 5.32 Å². The second-order valence-electron chi connectivity index (χ2n) is 5.42. The van der Waals surface area contributed by atoms with Gasteiger partial charge >= 0.3 is 0 Å². The molecule has 4 nitrogen and oxygen atoms in total. The van der Waals surface area contributed by atoms with Crippen molar-refractivity contribution in [2.45, 2.75) is 6.54 Å². The van der Waals surface area contributed by atoms with E-state index in [-0.39, 0.29) is 0 Å². The van der Waals surface area contributed by atoms with Crippen LogP contribution in [0.1, 0.15) is 11.1 Å². The van der Waals surface area contributed by atoms with Crippen molar-refractivity contribution in [3.8, 4) is 0 Å². The summed E-state index contributed by atoms with van der Waals surface area (Å²) in [5.41, 5.74) is 6.12. The van der Waals surface area contributed by atoms with Gasteiger partial charge < -0.3 is 5.32 Å². The number of nitrogens with zero attached hydrogens (tertiary/aromatic N) is 2. The number of hydrogen-bond donors (Lipinski definition) is 2. The largest absolute Gasteiger partial charge is 0.325 e. The highest BCUT2D eigenvalue weighted by atomic mass is 15.4. The van der Waals surface area contributed by atoms with E-state index in [0.29, 0.717) is 12.5 Å². The van der Waals surface area contributed by atoms with E-state index in [4.69, 9.17) is 0 Å². The fraction of sp³-hybridized carbons (Fsp3) is 0.0476. The molecule has 0 aliphatic carbocycles. The number of nitrogens with one attached hydrogen (secondary N) is 2. The number of anilines is 1. The summed E-state index contributed by atoms with van der Waals surface area (Å²) in [6.45, 7) is 0.573. The molecule has 0 radical (unpaired) electrons. The van der Waals surface area contributed by atoms with Crippen LogP contribution in [0.15, 0.2) is 101 Å². The summed E-state index contributed by atoms with van der Waals surface area (Å²) in [6, 6.07) is 30.0. The Kier molecular flexibility index (Phi) is 5.95. The summed E-state index contributed by atoms with van der Waals surface area (Å²) >= 11 is 0. The quantitative estimate of drug-likeness (QED) is 0.417. The molecule has 2 N–H and O–H groups in total. The van der Waals surface area contributed by atoms with Gasteiger partial charge in [-0.25, -0.2) is 10.4 Å². The van der Waals surface area contributed by atoms with Gasteiger partial charge in [0.15, 0.2) is 0 Å². The van der Waals surface area contributed by atoms with E-state index < -0.39 is 0 Å². The Labute approximate surface area is 148 Å². The summed E-state index contributed by atoms with van der Waals surface area (Å²) in [5, 5.41) is 7.54. The molecule has 0 atom stereocenters. The molecule has 4 heteroatoms. The first kappa shape index (κ1) is 16.5. The Hall–Kier alpha value is -3.40. The average Bonchev–Trinajstić information content (AvgIpc) is 2.68. The number of aliphatic imine (C=N–C) groups is 1. The molecule has 0 aliphatic heterocycles. The van der Waals surface area contributed by atoms with E-state index in [9.17, 15) is 0 Å². The number of benzene rings is 3. The summed E-state index contributed by atoms with van der Waals surface area (Å²) in [6.07, 6.45) is 1.77. The third kappa shape index (κ3) is 5.62. The third-order valence-electron chi connectivity index (χ3n) is 3.48. The van der Waals surface area contributed by atoms with E-state index in [2.05, 4.69) is 33.0 Å². The number of hydrogen-bond acceptors (Lipinski definition) is 2. The van der Waals surface area contributed by atoms with Crippen LogP contribution in [0, 0.1) is 0 Å². The normalized spacial score (nSPS) is 11.4. The van der Waals surface area contributed by atoms with Crippen LogP contribution in [0.2, 0.25) is 0 Å². The van der Waals surface area contributed by atoms with Crippen LogP contribution >= 0.6 is 0 Å². The Bertz CT molecular complexity index is 812. The Balaban J connectivity index is 1.70. The first-order chi connectivity index (χ1) is 12.4. The summed E-state index contributed by atoms with van der Waals surface area (Å²) < 4.78 is 0. The van der Waals surface area contributed by atoms with Gasteiger partial charge in [0.25, 0.3) is 0 Å². The molecule has 3 aromatic rings. The standard InChI is InChI=1S/C21H20N4/c1-4-10-18(11-5-1)16-22-21(24-20-14-8-3-9-15-20)25-23-17-19-12-6-2-7-13-19/h1-15,17H,16H2,(H2,22,24,25)/b23-17+. The van der Waals surface area contributed by atoms with Crippen molar-refractivity contribution in [1.82, 2.24) is 5.43 Å². The molecule has 0 heterocycles. The highest BCUT2D eigenvalue weighted by Gasteiger charge is 1.99. The summed E-state index contributed by atoms with van der Waals surface area (Å²) in [7, 11) is 0. The average molecular weight is 328 g/mol. The van der Waals surface area contributed by atoms with Gasteiger partial charge in [-0.3, -0.25) is 0 Å². The fourth-order valence-electron chi connectivity index (χ4n) is 2.22. The zero-order chi connectivity index (χ0) is 17.2. The fourth-order valence-corrected chi connectivity index (χ4v) is 2.22. The molecule has 3 aromatic carbocycles. The monoisotopic (exact) mass is 328 g/mol. The van der Waals surface area contributed by atoms with Gasteiger partial charge in [0.2, 0.25) is 5.96 Å². The molecule has 0 aliphatic rings. The van der Waals surface area contributed by atoms with Gasteiger partial charge in [0, 0.05) is 5.69 Å². The van der Waals surface area contributed by atoms with Gasteiger partial charge in [-0.1, -0.05) is 78.9 Å². The highest BCUT2D eigenvalue weighted by molar-refractivity contribution is 5.94. The first-order valence-electron chi connectivity index (χ1n) is 8.15. The highest BCUT2D eigenvalue weighted by Crippen LogP contribution is 2.06. The van der Waals surface area contributed by atoms with E-state index in [1.165, 1.54) is 0 Å². The van der Waals surface area contributed by atoms with Crippen LogP contribution in [-0.4, -0.2) is 12.2 Å². The molecule has 0 fully saturated rings. The van der Waals surface area contributed by atoms with Crippen LogP contribution in [0.4, 0.5) is 5.69 Å². The molecule has 3 rings (SSSR count). The molecule has 0 amide bonds. The molecule has 0 bridgehead atoms. The molecule has 0 aromatic heterocycles. The maximum Gasteiger partial charge on any atom is 0.216 e. The van der Waals surface area contributed by atoms with Crippen LogP contribution in [-0.2, 0) is 6.54 Å². The van der Waals surface area contributed by atoms with Crippen molar-refractivity contribution < 1.29 is 0 Å². The predicted molar refractivity (Wildman–Crippen MR) is 105 cm³/mol. The summed E-state index contributed by atoms with van der Waals surface area (Å²) in [4.78, 5) is 4.60. The number of guanidine groups is 1. The molecule has 0 saturated carbocycles. The van der Waals surface area contributed by atoms with Crippen molar-refractivity contribution >= 4 is 17.9 Å². The van der Waals surface area contributed by atoms with E-state index in [1.54, 1.807) is 6.21 Å². The minimum atomic E-state index is 0.573. The number of para-hydroxylation sites is 1. The zero-order valence-corrected chi connectivity index (χ0v) is 13.8. The smallest absolute Gasteiger partial charge is 0.216 e. The molecular formula is C21H20N4. The van der Waals surface area contributed by atoms with Gasteiger partial charge in [-0.15, -0.1) is 0 Å². The van der Waals surface area contributed by atoms with Crippen LogP contribution < -0.4 is 10.7 Å². The number of rotatable bonds is 5. The Morgan fingerprint density at radius 3 is 2.04 bits per heavy atom. The lowest BCUT2D eigenvalue weighted by molar-refractivity contribution is 0.973. The van der Waals surface area contributed by atoms with E-state index in [0.717, 1.165) is 16.8 Å². The molecule has 0 saturated heterocycles. The number of hydrazone groups is 1. The topological polar surface area (TPSA) is 48.8 Å². The van der Waals surface area contributed by atoms with Gasteiger partial charge in [-0.2, -0.15) is 5.10 Å². The molecule has 0 spiro atoms. The Morgan fingerprint density at radius 2 is 1.36 bits per heavy atom. The van der Waals surface area contributed by atoms with Crippen LogP contribution in [0.25, 0.3) is 0 Å². The molecule has 25 heavy (non-hydrogen) atoms. The Morgan fingerprint density at radius 1 is 0.760 bits per heavy atom. The zero-order valence-electron chi connectivity index (χ0n) is 13.8. The van der Waals surface area contributed by atoms with Crippen LogP contribution in [0.5, 0.6) is 0 Å². The lowest BCUT2D eigenvalue weighted by Crippen LogP contribution is -2.26. The van der Waals surface area contributed by atoms with Crippen molar-refractivity contribution in [3.05, 3.63) is 102 Å². The van der Waals surface area contributed by atoms with Crippen molar-refractivity contribution in [3.63, 3.8) is 0 Å². The third-order valence-corrected chi connectivity index (χ3v) is 3.48. The minimum absolute atomic E-state index is 0.573.